The van der Waals surface area contributed by atoms with E-state index in [-0.39, 0.29) is 11.7 Å². The van der Waals surface area contributed by atoms with E-state index < -0.39 is 0 Å². The number of nitrogens with one attached hydrogen (secondary N) is 1. The number of nitrogens with zero attached hydrogens (tertiary/aromatic N) is 4. The van der Waals surface area contributed by atoms with E-state index in [0.717, 1.165) is 24.0 Å². The minimum absolute atomic E-state index is 0.208. The molecule has 5 aromatic rings. The van der Waals surface area contributed by atoms with Gasteiger partial charge in [-0.25, -0.2) is 9.97 Å². The fraction of sp³-hybridized carbons (Fsp3) is 0.143. The number of nitrogens with two attached hydrogens (primary N) is 1. The molecule has 0 atom stereocenters. The smallest absolute Gasteiger partial charge is 0.257 e. The van der Waals surface area contributed by atoms with E-state index in [0.29, 0.717) is 34.3 Å². The van der Waals surface area contributed by atoms with E-state index >= 15 is 0 Å². The Morgan fingerprint density at radius 1 is 1.00 bits per heavy atom. The van der Waals surface area contributed by atoms with E-state index in [2.05, 4.69) is 22.6 Å². The van der Waals surface area contributed by atoms with Crippen molar-refractivity contribution in [3.63, 3.8) is 0 Å². The molecule has 2 heterocycles. The first-order chi connectivity index (χ1) is 17.1. The average molecular weight is 463 g/mol. The summed E-state index contributed by atoms with van der Waals surface area (Å²) < 4.78 is 1.50. The molecule has 0 bridgehead atoms. The Morgan fingerprint density at radius 2 is 1.74 bits per heavy atom. The Morgan fingerprint density at radius 3 is 2.51 bits per heavy atom. The number of rotatable bonds is 7. The van der Waals surface area contributed by atoms with Gasteiger partial charge in [-0.2, -0.15) is 9.78 Å². The summed E-state index contributed by atoms with van der Waals surface area (Å²) in [6, 6.07) is 25.7. The number of hydrogen-bond acceptors (Lipinski definition) is 5. The zero-order valence-corrected chi connectivity index (χ0v) is 19.5. The maximum Gasteiger partial charge on any atom is 0.257 e. The monoisotopic (exact) mass is 462 g/mol. The number of amides is 1. The van der Waals surface area contributed by atoms with Gasteiger partial charge in [0.2, 0.25) is 0 Å². The lowest BCUT2D eigenvalue weighted by atomic mass is 10.1. The van der Waals surface area contributed by atoms with Crippen LogP contribution in [0.5, 0.6) is 0 Å². The molecule has 0 aliphatic carbocycles. The summed E-state index contributed by atoms with van der Waals surface area (Å²) in [6.07, 6.45) is 3.40. The van der Waals surface area contributed by atoms with Crippen LogP contribution in [0.2, 0.25) is 0 Å². The number of nitrogen functional groups attached to an aromatic ring is 1. The third-order valence-corrected chi connectivity index (χ3v) is 5.84. The fourth-order valence-electron chi connectivity index (χ4n) is 4.09. The van der Waals surface area contributed by atoms with Gasteiger partial charge in [-0.1, -0.05) is 72.3 Å². The summed E-state index contributed by atoms with van der Waals surface area (Å²) in [5.41, 5.74) is 12.3. The maximum absolute atomic E-state index is 13.2. The maximum atomic E-state index is 13.2. The van der Waals surface area contributed by atoms with Gasteiger partial charge in [-0.15, -0.1) is 0 Å². The van der Waals surface area contributed by atoms with E-state index in [1.165, 1.54) is 10.2 Å². The lowest BCUT2D eigenvalue weighted by Crippen LogP contribution is -2.25. The first kappa shape index (κ1) is 22.3. The van der Waals surface area contributed by atoms with E-state index in [1.54, 1.807) is 6.21 Å². The van der Waals surface area contributed by atoms with Crippen LogP contribution in [0.4, 0.5) is 5.82 Å². The molecular formula is C28H26N6O. The molecule has 2 aromatic heterocycles. The zero-order valence-electron chi connectivity index (χ0n) is 19.5. The summed E-state index contributed by atoms with van der Waals surface area (Å²) in [4.78, 5) is 22.7. The Labute approximate surface area is 203 Å². The number of aryl methyl sites for hydroxylation is 2. The molecule has 0 saturated carbocycles. The highest BCUT2D eigenvalue weighted by Gasteiger charge is 2.23. The van der Waals surface area contributed by atoms with Crippen LogP contribution in [0, 0.1) is 6.92 Å². The van der Waals surface area contributed by atoms with Gasteiger partial charge in [0, 0.05) is 6.54 Å². The van der Waals surface area contributed by atoms with Crippen LogP contribution in [0.3, 0.4) is 0 Å². The van der Waals surface area contributed by atoms with Crippen LogP contribution >= 0.6 is 0 Å². The lowest BCUT2D eigenvalue weighted by Gasteiger charge is -2.06. The number of fused-ring (bicyclic) bond motifs is 2. The molecule has 0 spiro atoms. The highest BCUT2D eigenvalue weighted by Crippen LogP contribution is 2.27. The highest BCUT2D eigenvalue weighted by molar-refractivity contribution is 6.10. The van der Waals surface area contributed by atoms with Crippen molar-refractivity contribution in [1.82, 2.24) is 20.0 Å². The first-order valence-corrected chi connectivity index (χ1v) is 11.6. The molecule has 5 rings (SSSR count). The molecule has 174 valence electrons. The van der Waals surface area contributed by atoms with Gasteiger partial charge in [-0.05, 0) is 43.0 Å². The molecule has 0 fully saturated rings. The van der Waals surface area contributed by atoms with Gasteiger partial charge in [0.15, 0.2) is 5.65 Å². The van der Waals surface area contributed by atoms with Gasteiger partial charge < -0.3 is 11.1 Å². The number of benzene rings is 3. The Bertz CT molecular complexity index is 1540. The molecule has 0 unspecified atom stereocenters. The molecule has 3 aromatic carbocycles. The molecule has 1 amide bonds. The van der Waals surface area contributed by atoms with Crippen LogP contribution in [0.25, 0.3) is 22.2 Å². The quantitative estimate of drug-likeness (QED) is 0.270. The number of para-hydroxylation sites is 2. The standard InChI is InChI=1S/C28H26N6O/c1-19-9-7-12-21(17-19)18-31-34-26(29)24(25-27(34)33-23-15-6-5-14-22(23)32-25)28(35)30-16-8-13-20-10-3-2-4-11-20/h2-7,9-12,14-15,17-18H,8,13,16,29H2,1H3,(H,30,35)/b31-18+. The van der Waals surface area contributed by atoms with Gasteiger partial charge in [0.1, 0.15) is 16.9 Å². The minimum Gasteiger partial charge on any atom is -0.383 e. The molecule has 3 N–H and O–H groups in total. The SMILES string of the molecule is Cc1cccc(/C=N/n2c(N)c(C(=O)NCCCc3ccccc3)c3nc4ccccc4nc32)c1. The second-order valence-corrected chi connectivity index (χ2v) is 8.46. The molecular weight excluding hydrogens is 436 g/mol. The molecule has 0 radical (unpaired) electrons. The number of hydrogen-bond donors (Lipinski definition) is 2. The highest BCUT2D eigenvalue weighted by atomic mass is 16.1. The second kappa shape index (κ2) is 9.77. The average Bonchev–Trinajstić information content (AvgIpc) is 3.14. The molecule has 35 heavy (non-hydrogen) atoms. The first-order valence-electron chi connectivity index (χ1n) is 11.6. The van der Waals surface area contributed by atoms with Gasteiger partial charge in [-0.3, -0.25) is 4.79 Å². The van der Waals surface area contributed by atoms with Crippen molar-refractivity contribution in [3.05, 3.63) is 101 Å². The van der Waals surface area contributed by atoms with E-state index in [9.17, 15) is 4.79 Å². The second-order valence-electron chi connectivity index (χ2n) is 8.46. The summed E-state index contributed by atoms with van der Waals surface area (Å²) >= 11 is 0. The largest absolute Gasteiger partial charge is 0.383 e. The summed E-state index contributed by atoms with van der Waals surface area (Å²) in [6.45, 7) is 2.54. The van der Waals surface area contributed by atoms with Crippen molar-refractivity contribution in [2.75, 3.05) is 12.3 Å². The van der Waals surface area contributed by atoms with Crippen LogP contribution in [0.15, 0.2) is 84.0 Å². The molecule has 0 aliphatic heterocycles. The number of carbonyl (C=O) groups is 1. The van der Waals surface area contributed by atoms with E-state index in [4.69, 9.17) is 15.7 Å². The summed E-state index contributed by atoms with van der Waals surface area (Å²) in [5, 5.41) is 7.57. The van der Waals surface area contributed by atoms with Gasteiger partial charge in [0.25, 0.3) is 5.91 Å². The van der Waals surface area contributed by atoms with Crippen LogP contribution in [-0.2, 0) is 6.42 Å². The zero-order chi connectivity index (χ0) is 24.2. The fourth-order valence-corrected chi connectivity index (χ4v) is 4.09. The summed E-state index contributed by atoms with van der Waals surface area (Å²) in [7, 11) is 0. The van der Waals surface area contributed by atoms with Crippen molar-refractivity contribution in [1.29, 1.82) is 0 Å². The van der Waals surface area contributed by atoms with Crippen molar-refractivity contribution in [2.24, 2.45) is 5.10 Å². The van der Waals surface area contributed by atoms with E-state index in [1.807, 2.05) is 73.7 Å². The van der Waals surface area contributed by atoms with Crippen molar-refractivity contribution in [2.45, 2.75) is 19.8 Å². The molecule has 7 heteroatoms. The van der Waals surface area contributed by atoms with Crippen LogP contribution in [0.1, 0.15) is 33.5 Å². The third kappa shape index (κ3) is 4.75. The van der Waals surface area contributed by atoms with Crippen molar-refractivity contribution < 1.29 is 4.79 Å². The lowest BCUT2D eigenvalue weighted by molar-refractivity contribution is 0.0955. The normalized spacial score (nSPS) is 11.5. The Kier molecular flexibility index (Phi) is 6.22. The van der Waals surface area contributed by atoms with Crippen molar-refractivity contribution in [3.8, 4) is 0 Å². The van der Waals surface area contributed by atoms with Crippen molar-refractivity contribution >= 4 is 40.1 Å². The third-order valence-electron chi connectivity index (χ3n) is 5.84. The van der Waals surface area contributed by atoms with Crippen LogP contribution < -0.4 is 11.1 Å². The Hall–Kier alpha value is -4.52. The summed E-state index contributed by atoms with van der Waals surface area (Å²) in [5.74, 6) is -0.0746. The topological polar surface area (TPSA) is 98.2 Å². The van der Waals surface area contributed by atoms with Gasteiger partial charge in [0.05, 0.1) is 17.2 Å². The molecule has 7 nitrogen and oxygen atoms in total. The number of aromatic nitrogens is 3. The number of anilines is 1. The molecule has 0 aliphatic rings. The minimum atomic E-state index is -0.283. The Balaban J connectivity index is 1.48. The van der Waals surface area contributed by atoms with Crippen LogP contribution in [-0.4, -0.2) is 33.3 Å². The number of carbonyl (C=O) groups excluding carboxylic acids is 1. The van der Waals surface area contributed by atoms with Gasteiger partial charge >= 0.3 is 0 Å². The molecule has 0 saturated heterocycles. The predicted octanol–water partition coefficient (Wildman–Crippen LogP) is 4.72. The predicted molar refractivity (Wildman–Crippen MR) is 141 cm³/mol.